The van der Waals surface area contributed by atoms with E-state index in [0.29, 0.717) is 5.56 Å². The zero-order valence-corrected chi connectivity index (χ0v) is 15.9. The third-order valence-corrected chi connectivity index (χ3v) is 4.85. The molecule has 3 N–H and O–H groups in total. The highest BCUT2D eigenvalue weighted by atomic mass is 127. The number of carboxylic acid groups (broad SMARTS) is 1. The molecule has 0 unspecified atom stereocenters. The van der Waals surface area contributed by atoms with Gasteiger partial charge in [-0.15, -0.1) is 0 Å². The summed E-state index contributed by atoms with van der Waals surface area (Å²) in [6, 6.07) is 9.16. The van der Waals surface area contributed by atoms with Crippen molar-refractivity contribution in [3.8, 4) is 0 Å². The number of aliphatic hydroxyl groups excluding tert-OH is 1. The van der Waals surface area contributed by atoms with Gasteiger partial charge in [0.05, 0.1) is 5.56 Å². The van der Waals surface area contributed by atoms with Crippen LogP contribution in [0.15, 0.2) is 48.5 Å². The van der Waals surface area contributed by atoms with Gasteiger partial charge in [-0.2, -0.15) is 13.2 Å². The van der Waals surface area contributed by atoms with Crippen LogP contribution in [0.3, 0.4) is 0 Å². The SMILES string of the molecule is O=C(O)[C@@H](Cc1ccccc1I)NC(=O)[C@H](O)c1ccc(C(F)(F)F)cc1. The van der Waals surface area contributed by atoms with Gasteiger partial charge in [0.1, 0.15) is 6.04 Å². The third kappa shape index (κ3) is 5.67. The van der Waals surface area contributed by atoms with E-state index in [4.69, 9.17) is 0 Å². The molecule has 2 atom stereocenters. The summed E-state index contributed by atoms with van der Waals surface area (Å²) in [6.45, 7) is 0. The highest BCUT2D eigenvalue weighted by Gasteiger charge is 2.31. The Labute approximate surface area is 166 Å². The summed E-state index contributed by atoms with van der Waals surface area (Å²) in [5, 5.41) is 21.6. The number of aliphatic hydroxyl groups is 1. The fraction of sp³-hybridized carbons (Fsp3) is 0.222. The summed E-state index contributed by atoms with van der Waals surface area (Å²) in [6.07, 6.45) is -6.32. The van der Waals surface area contributed by atoms with Crippen LogP contribution in [-0.4, -0.2) is 28.1 Å². The van der Waals surface area contributed by atoms with Crippen LogP contribution in [0.5, 0.6) is 0 Å². The first-order chi connectivity index (χ1) is 12.6. The highest BCUT2D eigenvalue weighted by Crippen LogP contribution is 2.30. The third-order valence-electron chi connectivity index (χ3n) is 3.80. The van der Waals surface area contributed by atoms with Gasteiger partial charge in [0.2, 0.25) is 0 Å². The lowest BCUT2D eigenvalue weighted by Gasteiger charge is -2.18. The molecule has 1 amide bonds. The Morgan fingerprint density at radius 2 is 1.67 bits per heavy atom. The maximum absolute atomic E-state index is 12.6. The van der Waals surface area contributed by atoms with Crippen LogP contribution in [-0.2, 0) is 22.2 Å². The minimum absolute atomic E-state index is 0.0000811. The van der Waals surface area contributed by atoms with E-state index < -0.39 is 35.8 Å². The molecule has 0 aliphatic heterocycles. The molecule has 9 heteroatoms. The predicted molar refractivity (Wildman–Crippen MR) is 98.8 cm³/mol. The molecule has 27 heavy (non-hydrogen) atoms. The number of amides is 1. The average molecular weight is 493 g/mol. The summed E-state index contributed by atoms with van der Waals surface area (Å²) in [7, 11) is 0. The molecule has 0 aliphatic carbocycles. The number of aliphatic carboxylic acids is 1. The normalized spacial score (nSPS) is 13.7. The highest BCUT2D eigenvalue weighted by molar-refractivity contribution is 14.1. The van der Waals surface area contributed by atoms with Crippen molar-refractivity contribution in [2.45, 2.75) is 24.7 Å². The number of carboxylic acids is 1. The van der Waals surface area contributed by atoms with E-state index in [1.165, 1.54) is 0 Å². The smallest absolute Gasteiger partial charge is 0.416 e. The lowest BCUT2D eigenvalue weighted by atomic mass is 10.0. The minimum Gasteiger partial charge on any atom is -0.480 e. The molecule has 2 rings (SSSR count). The number of carbonyl (C=O) groups excluding carboxylic acids is 1. The number of hydrogen-bond donors (Lipinski definition) is 3. The van der Waals surface area contributed by atoms with Crippen LogP contribution in [0, 0.1) is 3.57 Å². The lowest BCUT2D eigenvalue weighted by molar-refractivity contribution is -0.143. The molecule has 0 aliphatic rings. The van der Waals surface area contributed by atoms with Gasteiger partial charge >= 0.3 is 12.1 Å². The number of nitrogens with one attached hydrogen (secondary N) is 1. The first-order valence-electron chi connectivity index (χ1n) is 7.71. The summed E-state index contributed by atoms with van der Waals surface area (Å²) >= 11 is 2.04. The molecule has 0 radical (unpaired) electrons. The Morgan fingerprint density at radius 1 is 1.07 bits per heavy atom. The van der Waals surface area contributed by atoms with Crippen molar-refractivity contribution >= 4 is 34.5 Å². The Hall–Kier alpha value is -2.14. The molecule has 2 aromatic rings. The van der Waals surface area contributed by atoms with Crippen molar-refractivity contribution in [3.05, 3.63) is 68.8 Å². The number of benzene rings is 2. The predicted octanol–water partition coefficient (Wildman–Crippen LogP) is 3.16. The number of alkyl halides is 3. The van der Waals surface area contributed by atoms with Crippen molar-refractivity contribution in [2.75, 3.05) is 0 Å². The molecule has 2 aromatic carbocycles. The average Bonchev–Trinajstić information content (AvgIpc) is 2.61. The zero-order chi connectivity index (χ0) is 20.2. The Morgan fingerprint density at radius 3 is 2.19 bits per heavy atom. The molecular weight excluding hydrogens is 478 g/mol. The molecule has 0 heterocycles. The molecule has 0 saturated heterocycles. The van der Waals surface area contributed by atoms with Crippen LogP contribution in [0.1, 0.15) is 22.8 Å². The number of carbonyl (C=O) groups is 2. The molecule has 0 spiro atoms. The van der Waals surface area contributed by atoms with Crippen molar-refractivity contribution in [3.63, 3.8) is 0 Å². The van der Waals surface area contributed by atoms with E-state index in [2.05, 4.69) is 5.32 Å². The summed E-state index contributed by atoms with van der Waals surface area (Å²) in [4.78, 5) is 23.6. The van der Waals surface area contributed by atoms with E-state index in [0.717, 1.165) is 27.8 Å². The van der Waals surface area contributed by atoms with E-state index in [1.807, 2.05) is 22.6 Å². The minimum atomic E-state index is -4.53. The van der Waals surface area contributed by atoms with Crippen molar-refractivity contribution in [2.24, 2.45) is 0 Å². The van der Waals surface area contributed by atoms with Crippen LogP contribution in [0.25, 0.3) is 0 Å². The number of hydrogen-bond acceptors (Lipinski definition) is 3. The van der Waals surface area contributed by atoms with E-state index >= 15 is 0 Å². The summed E-state index contributed by atoms with van der Waals surface area (Å²) in [5.74, 6) is -2.30. The largest absolute Gasteiger partial charge is 0.480 e. The van der Waals surface area contributed by atoms with Crippen LogP contribution < -0.4 is 5.32 Å². The van der Waals surface area contributed by atoms with Gasteiger partial charge in [0.15, 0.2) is 6.10 Å². The quantitative estimate of drug-likeness (QED) is 0.540. The Bertz CT molecular complexity index is 824. The Balaban J connectivity index is 2.10. The van der Waals surface area contributed by atoms with Gasteiger partial charge in [-0.25, -0.2) is 4.79 Å². The second kappa shape index (κ2) is 8.70. The Kier molecular flexibility index (Phi) is 6.82. The van der Waals surface area contributed by atoms with E-state index in [1.54, 1.807) is 24.3 Å². The van der Waals surface area contributed by atoms with Gasteiger partial charge in [-0.3, -0.25) is 4.79 Å². The van der Waals surface area contributed by atoms with Crippen molar-refractivity contribution in [1.82, 2.24) is 5.32 Å². The van der Waals surface area contributed by atoms with Gasteiger partial charge in [-0.1, -0.05) is 30.3 Å². The zero-order valence-electron chi connectivity index (χ0n) is 13.7. The molecule has 0 fully saturated rings. The topological polar surface area (TPSA) is 86.6 Å². The number of halogens is 4. The fourth-order valence-electron chi connectivity index (χ4n) is 2.34. The monoisotopic (exact) mass is 493 g/mol. The molecular formula is C18H15F3INO4. The second-order valence-corrected chi connectivity index (χ2v) is 6.88. The fourth-order valence-corrected chi connectivity index (χ4v) is 2.95. The summed E-state index contributed by atoms with van der Waals surface area (Å²) < 4.78 is 38.5. The van der Waals surface area contributed by atoms with Gasteiger partial charge in [0, 0.05) is 9.99 Å². The van der Waals surface area contributed by atoms with E-state index in [-0.39, 0.29) is 12.0 Å². The van der Waals surface area contributed by atoms with Crippen molar-refractivity contribution < 1.29 is 33.0 Å². The van der Waals surface area contributed by atoms with Gasteiger partial charge in [0.25, 0.3) is 5.91 Å². The lowest BCUT2D eigenvalue weighted by Crippen LogP contribution is -2.44. The molecule has 0 saturated carbocycles. The standard InChI is InChI=1S/C18H15F3INO4/c19-18(20,21)12-7-5-10(6-8-12)15(24)16(25)23-14(17(26)27)9-11-3-1-2-4-13(11)22/h1-8,14-15,24H,9H2,(H,23,25)(H,26,27)/t14-,15-/m1/s1. The molecule has 0 bridgehead atoms. The van der Waals surface area contributed by atoms with Crippen molar-refractivity contribution in [1.29, 1.82) is 0 Å². The maximum Gasteiger partial charge on any atom is 0.416 e. The summed E-state index contributed by atoms with van der Waals surface area (Å²) in [5.41, 5.74) is -0.283. The number of rotatable bonds is 6. The van der Waals surface area contributed by atoms with Gasteiger partial charge in [-0.05, 0) is 51.9 Å². The maximum atomic E-state index is 12.6. The van der Waals surface area contributed by atoms with Crippen LogP contribution in [0.4, 0.5) is 13.2 Å². The molecule has 5 nitrogen and oxygen atoms in total. The van der Waals surface area contributed by atoms with Crippen LogP contribution in [0.2, 0.25) is 0 Å². The molecule has 144 valence electrons. The molecule has 0 aromatic heterocycles. The second-order valence-electron chi connectivity index (χ2n) is 5.72. The van der Waals surface area contributed by atoms with Crippen LogP contribution >= 0.6 is 22.6 Å². The van der Waals surface area contributed by atoms with E-state index in [9.17, 15) is 33.0 Å². The first kappa shape index (κ1) is 21.2. The first-order valence-corrected chi connectivity index (χ1v) is 8.79. The van der Waals surface area contributed by atoms with Gasteiger partial charge < -0.3 is 15.5 Å².